The van der Waals surface area contributed by atoms with Crippen LogP contribution >= 0.6 is 11.8 Å². The fourth-order valence-electron chi connectivity index (χ4n) is 2.42. The molecular formula is C17H15N3OS. The number of benzene rings is 2. The van der Waals surface area contributed by atoms with E-state index in [4.69, 9.17) is 0 Å². The van der Waals surface area contributed by atoms with E-state index in [0.717, 1.165) is 16.5 Å². The Kier molecular flexibility index (Phi) is 3.55. The van der Waals surface area contributed by atoms with Crippen LogP contribution in [0.3, 0.4) is 0 Å². The monoisotopic (exact) mass is 309 g/mol. The Morgan fingerprint density at radius 2 is 1.91 bits per heavy atom. The number of carbonyl (C=O) groups is 1. The molecule has 2 aromatic rings. The minimum absolute atomic E-state index is 0.122. The number of hydrogen-bond acceptors (Lipinski definition) is 4. The van der Waals surface area contributed by atoms with Gasteiger partial charge in [-0.3, -0.25) is 4.79 Å². The van der Waals surface area contributed by atoms with E-state index in [2.05, 4.69) is 10.6 Å². The van der Waals surface area contributed by atoms with E-state index in [0.29, 0.717) is 5.03 Å². The zero-order valence-corrected chi connectivity index (χ0v) is 13.1. The highest BCUT2D eigenvalue weighted by Crippen LogP contribution is 2.37. The van der Waals surface area contributed by atoms with Gasteiger partial charge in [0.25, 0.3) is 5.91 Å². The minimum atomic E-state index is -0.454. The number of nitrogens with one attached hydrogen (secondary N) is 2. The van der Waals surface area contributed by atoms with Gasteiger partial charge in [-0.1, -0.05) is 48.2 Å². The second-order valence-electron chi connectivity index (χ2n) is 5.53. The number of carbonyl (C=O) groups excluding carboxylic acids is 1. The predicted molar refractivity (Wildman–Crippen MR) is 90.0 cm³/mol. The van der Waals surface area contributed by atoms with Gasteiger partial charge in [-0.2, -0.15) is 5.26 Å². The van der Waals surface area contributed by atoms with Gasteiger partial charge in [-0.25, -0.2) is 0 Å². The standard InChI is InChI=1S/C17H15N3OS/c1-17(2)20-15(21)13(10-18)16(22-17)19-14-9-5-7-11-6-3-4-8-12(11)14/h3-9,19H,1-2H3,(H,20,21). The van der Waals surface area contributed by atoms with Crippen LogP contribution in [0.15, 0.2) is 53.1 Å². The first kappa shape index (κ1) is 14.5. The maximum Gasteiger partial charge on any atom is 0.265 e. The van der Waals surface area contributed by atoms with Crippen LogP contribution in [0.5, 0.6) is 0 Å². The first-order valence-corrected chi connectivity index (χ1v) is 7.72. The lowest BCUT2D eigenvalue weighted by atomic mass is 10.1. The lowest BCUT2D eigenvalue weighted by molar-refractivity contribution is -0.118. The Morgan fingerprint density at radius 3 is 2.68 bits per heavy atom. The predicted octanol–water partition coefficient (Wildman–Crippen LogP) is 3.59. The Hall–Kier alpha value is -2.45. The molecule has 2 N–H and O–H groups in total. The molecule has 0 aromatic heterocycles. The van der Waals surface area contributed by atoms with Crippen molar-refractivity contribution in [3.05, 3.63) is 53.1 Å². The Balaban J connectivity index is 2.07. The first-order chi connectivity index (χ1) is 10.5. The highest BCUT2D eigenvalue weighted by atomic mass is 32.2. The summed E-state index contributed by atoms with van der Waals surface area (Å²) in [6, 6.07) is 15.9. The van der Waals surface area contributed by atoms with Crippen LogP contribution in [-0.2, 0) is 4.79 Å². The summed E-state index contributed by atoms with van der Waals surface area (Å²) in [5.74, 6) is -0.339. The molecule has 0 radical (unpaired) electrons. The molecule has 22 heavy (non-hydrogen) atoms. The summed E-state index contributed by atoms with van der Waals surface area (Å²) < 4.78 is 0. The molecule has 0 spiro atoms. The smallest absolute Gasteiger partial charge is 0.265 e. The van der Waals surface area contributed by atoms with E-state index in [1.54, 1.807) is 0 Å². The number of nitrogens with zero attached hydrogens (tertiary/aromatic N) is 1. The van der Waals surface area contributed by atoms with Crippen molar-refractivity contribution in [2.75, 3.05) is 5.32 Å². The molecule has 1 heterocycles. The topological polar surface area (TPSA) is 64.9 Å². The van der Waals surface area contributed by atoms with Crippen molar-refractivity contribution < 1.29 is 4.79 Å². The summed E-state index contributed by atoms with van der Waals surface area (Å²) >= 11 is 1.44. The quantitative estimate of drug-likeness (QED) is 0.890. The summed E-state index contributed by atoms with van der Waals surface area (Å²) in [5, 5.41) is 18.1. The molecule has 2 aromatic carbocycles. The van der Waals surface area contributed by atoms with E-state index in [9.17, 15) is 10.1 Å². The summed E-state index contributed by atoms with van der Waals surface area (Å²) in [5.41, 5.74) is 1.01. The zero-order chi connectivity index (χ0) is 15.7. The van der Waals surface area contributed by atoms with Crippen LogP contribution in [0.2, 0.25) is 0 Å². The number of anilines is 1. The van der Waals surface area contributed by atoms with Gasteiger partial charge < -0.3 is 10.6 Å². The third kappa shape index (κ3) is 2.66. The van der Waals surface area contributed by atoms with Crippen molar-refractivity contribution in [1.82, 2.24) is 5.32 Å². The molecule has 3 rings (SSSR count). The van der Waals surface area contributed by atoms with Crippen molar-refractivity contribution in [2.45, 2.75) is 18.7 Å². The van der Waals surface area contributed by atoms with Crippen LogP contribution in [0.1, 0.15) is 13.8 Å². The average Bonchev–Trinajstić information content (AvgIpc) is 2.46. The molecule has 5 heteroatoms. The zero-order valence-electron chi connectivity index (χ0n) is 12.3. The van der Waals surface area contributed by atoms with Crippen molar-refractivity contribution in [1.29, 1.82) is 5.26 Å². The second-order valence-corrected chi connectivity index (χ2v) is 7.17. The summed E-state index contributed by atoms with van der Waals surface area (Å²) in [7, 11) is 0. The minimum Gasteiger partial charge on any atom is -0.348 e. The van der Waals surface area contributed by atoms with Crippen LogP contribution in [-0.4, -0.2) is 10.8 Å². The molecule has 0 unspecified atom stereocenters. The number of fused-ring (bicyclic) bond motifs is 1. The van der Waals surface area contributed by atoms with Gasteiger partial charge in [-0.05, 0) is 25.3 Å². The molecule has 1 amide bonds. The summed E-state index contributed by atoms with van der Waals surface area (Å²) in [6.07, 6.45) is 0. The fraction of sp³-hybridized carbons (Fsp3) is 0.176. The normalized spacial score (nSPS) is 17.0. The summed E-state index contributed by atoms with van der Waals surface area (Å²) in [4.78, 5) is 11.6. The van der Waals surface area contributed by atoms with Gasteiger partial charge in [0.15, 0.2) is 0 Å². The van der Waals surface area contributed by atoms with E-state index in [-0.39, 0.29) is 11.5 Å². The fourth-order valence-corrected chi connectivity index (χ4v) is 3.47. The van der Waals surface area contributed by atoms with E-state index < -0.39 is 4.87 Å². The molecule has 0 saturated carbocycles. The van der Waals surface area contributed by atoms with Gasteiger partial charge in [0.05, 0.1) is 9.90 Å². The molecule has 0 saturated heterocycles. The van der Waals surface area contributed by atoms with E-state index >= 15 is 0 Å². The second kappa shape index (κ2) is 5.39. The van der Waals surface area contributed by atoms with Crippen LogP contribution < -0.4 is 10.6 Å². The molecule has 110 valence electrons. The Labute approximate surface area is 133 Å². The van der Waals surface area contributed by atoms with Gasteiger partial charge in [0, 0.05) is 11.1 Å². The maximum absolute atomic E-state index is 12.1. The van der Waals surface area contributed by atoms with Crippen LogP contribution in [0, 0.1) is 11.3 Å². The van der Waals surface area contributed by atoms with Crippen LogP contribution in [0.25, 0.3) is 10.8 Å². The molecular weight excluding hydrogens is 294 g/mol. The number of rotatable bonds is 2. The first-order valence-electron chi connectivity index (χ1n) is 6.91. The van der Waals surface area contributed by atoms with Crippen molar-refractivity contribution in [3.8, 4) is 6.07 Å². The van der Waals surface area contributed by atoms with Gasteiger partial charge in [-0.15, -0.1) is 0 Å². The van der Waals surface area contributed by atoms with Crippen molar-refractivity contribution in [3.63, 3.8) is 0 Å². The Bertz CT molecular complexity index is 828. The van der Waals surface area contributed by atoms with E-state index in [1.165, 1.54) is 11.8 Å². The number of nitriles is 1. The van der Waals surface area contributed by atoms with Gasteiger partial charge in [0.1, 0.15) is 11.6 Å². The highest BCUT2D eigenvalue weighted by Gasteiger charge is 2.33. The maximum atomic E-state index is 12.1. The van der Waals surface area contributed by atoms with Gasteiger partial charge in [0.2, 0.25) is 0 Å². The lowest BCUT2D eigenvalue weighted by Gasteiger charge is -2.31. The van der Waals surface area contributed by atoms with Crippen LogP contribution in [0.4, 0.5) is 5.69 Å². The number of hydrogen-bond donors (Lipinski definition) is 2. The number of amides is 1. The highest BCUT2D eigenvalue weighted by molar-refractivity contribution is 8.04. The third-order valence-corrected chi connectivity index (χ3v) is 4.50. The third-order valence-electron chi connectivity index (χ3n) is 3.38. The molecule has 0 aliphatic carbocycles. The lowest BCUT2D eigenvalue weighted by Crippen LogP contribution is -2.45. The average molecular weight is 309 g/mol. The van der Waals surface area contributed by atoms with Crippen molar-refractivity contribution in [2.24, 2.45) is 0 Å². The molecule has 0 atom stereocenters. The molecule has 1 aliphatic heterocycles. The van der Waals surface area contributed by atoms with Gasteiger partial charge >= 0.3 is 0 Å². The molecule has 0 bridgehead atoms. The Morgan fingerprint density at radius 1 is 1.18 bits per heavy atom. The van der Waals surface area contributed by atoms with E-state index in [1.807, 2.05) is 62.4 Å². The largest absolute Gasteiger partial charge is 0.348 e. The molecule has 0 fully saturated rings. The number of thioether (sulfide) groups is 1. The summed E-state index contributed by atoms with van der Waals surface area (Å²) in [6.45, 7) is 3.82. The van der Waals surface area contributed by atoms with Crippen molar-refractivity contribution >= 4 is 34.1 Å². The molecule has 4 nitrogen and oxygen atoms in total. The SMILES string of the molecule is CC1(C)NC(=O)C(C#N)=C(Nc2cccc3ccccc23)S1. The molecule has 1 aliphatic rings.